The van der Waals surface area contributed by atoms with Gasteiger partial charge in [-0.2, -0.15) is 5.48 Å². The van der Waals surface area contributed by atoms with Gasteiger partial charge in [0, 0.05) is 6.92 Å². The number of nitrogens with one attached hydrogen (secondary N) is 1. The van der Waals surface area contributed by atoms with E-state index in [1.54, 1.807) is 5.48 Å². The first kappa shape index (κ1) is 6.90. The summed E-state index contributed by atoms with van der Waals surface area (Å²) in [6.45, 7) is 1.15. The van der Waals surface area contributed by atoms with Gasteiger partial charge < -0.3 is 0 Å². The summed E-state index contributed by atoms with van der Waals surface area (Å²) in [7, 11) is 0. The Kier molecular flexibility index (Phi) is 3.51. The van der Waals surface area contributed by atoms with Crippen LogP contribution in [0.15, 0.2) is 0 Å². The van der Waals surface area contributed by atoms with Crippen molar-refractivity contribution in [3.8, 4) is 0 Å². The fourth-order valence-corrected chi connectivity index (χ4v) is 0.102. The monoisotopic (exact) mass is 119 g/mol. The highest BCUT2D eigenvalue weighted by atomic mass is 17.3. The lowest BCUT2D eigenvalue weighted by atomic mass is 10.9. The Morgan fingerprint density at radius 1 is 1.75 bits per heavy atom. The molecule has 5 nitrogen and oxygen atoms in total. The van der Waals surface area contributed by atoms with Gasteiger partial charge in [0.15, 0.2) is 0 Å². The van der Waals surface area contributed by atoms with Crippen LogP contribution in [0, 0.1) is 0 Å². The summed E-state index contributed by atoms with van der Waals surface area (Å²) in [6.07, 6.45) is 0.239. The van der Waals surface area contributed by atoms with E-state index >= 15 is 0 Å². The Morgan fingerprint density at radius 2 is 2.38 bits per heavy atom. The van der Waals surface area contributed by atoms with Crippen LogP contribution >= 0.6 is 0 Å². The number of hydrogen-bond acceptors (Lipinski definition) is 4. The van der Waals surface area contributed by atoms with Crippen molar-refractivity contribution in [3.63, 3.8) is 0 Å². The first-order chi connectivity index (χ1) is 3.77. The smallest absolute Gasteiger partial charge is 0.276 e. The molecular formula is C3H5NO4. The van der Waals surface area contributed by atoms with Crippen LogP contribution in [-0.2, 0) is 19.5 Å². The maximum Gasteiger partial charge on any atom is 0.342 e. The van der Waals surface area contributed by atoms with Crippen LogP contribution in [0.5, 0.6) is 0 Å². The molecule has 0 aromatic rings. The highest BCUT2D eigenvalue weighted by Crippen LogP contribution is 1.70. The van der Waals surface area contributed by atoms with Crippen molar-refractivity contribution in [2.45, 2.75) is 6.92 Å². The van der Waals surface area contributed by atoms with E-state index in [1.165, 1.54) is 0 Å². The quantitative estimate of drug-likeness (QED) is 0.227. The zero-order valence-corrected chi connectivity index (χ0v) is 4.21. The summed E-state index contributed by atoms with van der Waals surface area (Å²) in [5.41, 5.74) is 1.66. The van der Waals surface area contributed by atoms with E-state index in [2.05, 4.69) is 9.88 Å². The van der Waals surface area contributed by atoms with Gasteiger partial charge in [-0.3, -0.25) is 9.68 Å². The van der Waals surface area contributed by atoms with E-state index < -0.39 is 5.97 Å². The van der Waals surface area contributed by atoms with Gasteiger partial charge in [0.25, 0.3) is 0 Å². The first-order valence-corrected chi connectivity index (χ1v) is 1.80. The average molecular weight is 119 g/mol. The zero-order chi connectivity index (χ0) is 6.41. The Morgan fingerprint density at radius 3 is 2.75 bits per heavy atom. The molecule has 0 fully saturated rings. The second-order valence-electron chi connectivity index (χ2n) is 0.894. The SMILES string of the molecule is CC(=O)OONC=O. The molecule has 8 heavy (non-hydrogen) atoms. The molecule has 0 spiro atoms. The molecule has 0 heterocycles. The van der Waals surface area contributed by atoms with E-state index in [1.807, 2.05) is 0 Å². The lowest BCUT2D eigenvalue weighted by molar-refractivity contribution is -0.297. The number of carbonyl (C=O) groups is 2. The molecule has 46 valence electrons. The van der Waals surface area contributed by atoms with Crippen LogP contribution in [0.25, 0.3) is 0 Å². The summed E-state index contributed by atoms with van der Waals surface area (Å²) in [5, 5.41) is 0. The number of rotatable bonds is 3. The highest BCUT2D eigenvalue weighted by molar-refractivity contribution is 5.65. The molecule has 0 aromatic heterocycles. The van der Waals surface area contributed by atoms with Gasteiger partial charge in [0.05, 0.1) is 0 Å². The molecule has 1 N–H and O–H groups in total. The van der Waals surface area contributed by atoms with Gasteiger partial charge in [-0.25, -0.2) is 4.79 Å². The third kappa shape index (κ3) is 4.90. The minimum absolute atomic E-state index is 0.239. The largest absolute Gasteiger partial charge is 0.342 e. The van der Waals surface area contributed by atoms with Crippen LogP contribution in [0.2, 0.25) is 0 Å². The molecule has 0 aliphatic heterocycles. The summed E-state index contributed by atoms with van der Waals surface area (Å²) in [4.78, 5) is 26.8. The van der Waals surface area contributed by atoms with Gasteiger partial charge in [0.2, 0.25) is 6.41 Å². The number of hydroxylamine groups is 1. The third-order valence-electron chi connectivity index (χ3n) is 0.255. The molecule has 0 bridgehead atoms. The summed E-state index contributed by atoms with van der Waals surface area (Å²) in [5.74, 6) is -0.626. The van der Waals surface area contributed by atoms with Gasteiger partial charge in [-0.15, -0.1) is 0 Å². The fourth-order valence-electron chi connectivity index (χ4n) is 0.102. The van der Waals surface area contributed by atoms with Crippen molar-refractivity contribution < 1.29 is 19.5 Å². The van der Waals surface area contributed by atoms with Crippen molar-refractivity contribution in [3.05, 3.63) is 0 Å². The second kappa shape index (κ2) is 4.07. The second-order valence-corrected chi connectivity index (χ2v) is 0.894. The maximum atomic E-state index is 9.82. The molecule has 0 radical (unpaired) electrons. The molecule has 0 aliphatic carbocycles. The Hall–Kier alpha value is -1.10. The maximum absolute atomic E-state index is 9.82. The predicted octanol–water partition coefficient (Wildman–Crippen LogP) is -0.858. The van der Waals surface area contributed by atoms with Crippen molar-refractivity contribution in [2.24, 2.45) is 0 Å². The van der Waals surface area contributed by atoms with Gasteiger partial charge in [-0.1, -0.05) is 4.99 Å². The molecule has 1 amide bonds. The van der Waals surface area contributed by atoms with E-state index in [0.29, 0.717) is 0 Å². The Balaban J connectivity index is 2.93. The molecule has 0 atom stereocenters. The third-order valence-corrected chi connectivity index (χ3v) is 0.255. The van der Waals surface area contributed by atoms with E-state index in [9.17, 15) is 9.59 Å². The lowest BCUT2D eigenvalue weighted by Gasteiger charge is -1.93. The van der Waals surface area contributed by atoms with Crippen molar-refractivity contribution in [1.82, 2.24) is 5.48 Å². The summed E-state index contributed by atoms with van der Waals surface area (Å²) in [6, 6.07) is 0. The molecule has 0 rings (SSSR count). The Labute approximate surface area is 45.5 Å². The Bertz CT molecular complexity index is 91.3. The molecule has 0 aliphatic rings. The van der Waals surface area contributed by atoms with Crippen molar-refractivity contribution >= 4 is 12.4 Å². The van der Waals surface area contributed by atoms with E-state index in [0.717, 1.165) is 6.92 Å². The fraction of sp³-hybridized carbons (Fsp3) is 0.333. The number of carbonyl (C=O) groups excluding carboxylic acids is 2. The van der Waals surface area contributed by atoms with Crippen molar-refractivity contribution in [2.75, 3.05) is 0 Å². The van der Waals surface area contributed by atoms with Gasteiger partial charge in [0.1, 0.15) is 0 Å². The molecule has 0 saturated carbocycles. The van der Waals surface area contributed by atoms with Gasteiger partial charge >= 0.3 is 5.97 Å². The molecule has 0 aromatic carbocycles. The van der Waals surface area contributed by atoms with Crippen LogP contribution in [0.4, 0.5) is 0 Å². The lowest BCUT2D eigenvalue weighted by Crippen LogP contribution is -2.14. The molecular weight excluding hydrogens is 114 g/mol. The molecule has 0 saturated heterocycles. The van der Waals surface area contributed by atoms with Crippen LogP contribution in [0.3, 0.4) is 0 Å². The summed E-state index contributed by atoms with van der Waals surface area (Å²) >= 11 is 0. The highest BCUT2D eigenvalue weighted by Gasteiger charge is 1.88. The minimum atomic E-state index is -0.626. The van der Waals surface area contributed by atoms with Crippen molar-refractivity contribution in [1.29, 1.82) is 0 Å². The van der Waals surface area contributed by atoms with Crippen LogP contribution in [0.1, 0.15) is 6.92 Å². The van der Waals surface area contributed by atoms with Crippen LogP contribution < -0.4 is 5.48 Å². The van der Waals surface area contributed by atoms with Gasteiger partial charge in [-0.05, 0) is 0 Å². The summed E-state index contributed by atoms with van der Waals surface area (Å²) < 4.78 is 0. The predicted molar refractivity (Wildman–Crippen MR) is 22.1 cm³/mol. The van der Waals surface area contributed by atoms with E-state index in [-0.39, 0.29) is 6.41 Å². The zero-order valence-electron chi connectivity index (χ0n) is 4.21. The van der Waals surface area contributed by atoms with E-state index in [4.69, 9.17) is 0 Å². The first-order valence-electron chi connectivity index (χ1n) is 1.80. The van der Waals surface area contributed by atoms with Crippen LogP contribution in [-0.4, -0.2) is 12.4 Å². The standard InChI is InChI=1S/C3H5NO4/c1-3(6)7-8-4-2-5/h2H,1H3,(H,4,5). The molecule has 5 heteroatoms. The normalized spacial score (nSPS) is 7.62. The number of hydrogen-bond donors (Lipinski definition) is 1. The topological polar surface area (TPSA) is 64.6 Å². The molecule has 0 unspecified atom stereocenters. The number of amides is 1. The average Bonchev–Trinajstić information content (AvgIpc) is 1.66. The minimum Gasteiger partial charge on any atom is -0.276 e.